The van der Waals surface area contributed by atoms with Crippen molar-refractivity contribution in [2.24, 2.45) is 0 Å². The number of halogens is 3. The van der Waals surface area contributed by atoms with Gasteiger partial charge in [-0.3, -0.25) is 4.79 Å². The van der Waals surface area contributed by atoms with Gasteiger partial charge in [-0.05, 0) is 36.8 Å². The molecule has 0 aliphatic rings. The first-order valence-corrected chi connectivity index (χ1v) is 7.43. The molecule has 1 N–H and O–H groups in total. The second-order valence-electron chi connectivity index (χ2n) is 4.99. The Morgan fingerprint density at radius 3 is 2.46 bits per heavy atom. The Balaban J connectivity index is 1.93. The van der Waals surface area contributed by atoms with Crippen LogP contribution in [0.15, 0.2) is 42.5 Å². The maximum Gasteiger partial charge on any atom is 0.343 e. The molecule has 0 saturated carbocycles. The smallest absolute Gasteiger partial charge is 0.343 e. The molecule has 4 nitrogen and oxygen atoms in total. The first-order chi connectivity index (χ1) is 11.4. The number of hydrogen-bond donors (Lipinski definition) is 1. The van der Waals surface area contributed by atoms with Crippen LogP contribution in [0.3, 0.4) is 0 Å². The first kappa shape index (κ1) is 17.9. The van der Waals surface area contributed by atoms with Crippen LogP contribution in [-0.4, -0.2) is 18.0 Å². The zero-order chi connectivity index (χ0) is 17.7. The molecular formula is C17H14ClF2NO3. The summed E-state index contributed by atoms with van der Waals surface area (Å²) in [6, 6.07) is 9.35. The number of carbonyl (C=O) groups excluding carboxylic acids is 2. The van der Waals surface area contributed by atoms with Gasteiger partial charge in [0, 0.05) is 6.54 Å². The number of benzene rings is 2. The van der Waals surface area contributed by atoms with Crippen LogP contribution in [-0.2, 0) is 16.1 Å². The van der Waals surface area contributed by atoms with E-state index in [1.807, 2.05) is 0 Å². The molecule has 1 atom stereocenters. The Morgan fingerprint density at radius 2 is 1.83 bits per heavy atom. The van der Waals surface area contributed by atoms with Crippen molar-refractivity contribution in [1.29, 1.82) is 0 Å². The molecule has 2 rings (SSSR count). The third-order valence-corrected chi connectivity index (χ3v) is 3.51. The van der Waals surface area contributed by atoms with E-state index >= 15 is 0 Å². The van der Waals surface area contributed by atoms with E-state index in [4.69, 9.17) is 16.3 Å². The molecule has 1 unspecified atom stereocenters. The average Bonchev–Trinajstić information content (AvgIpc) is 2.53. The van der Waals surface area contributed by atoms with Crippen LogP contribution < -0.4 is 5.32 Å². The van der Waals surface area contributed by atoms with Gasteiger partial charge in [0.1, 0.15) is 17.2 Å². The van der Waals surface area contributed by atoms with E-state index in [1.54, 1.807) is 0 Å². The largest absolute Gasteiger partial charge is 0.449 e. The number of rotatable bonds is 5. The summed E-state index contributed by atoms with van der Waals surface area (Å²) < 4.78 is 31.4. The Labute approximate surface area is 142 Å². The first-order valence-electron chi connectivity index (χ1n) is 7.05. The summed E-state index contributed by atoms with van der Waals surface area (Å²) in [6.45, 7) is 1.49. The predicted molar refractivity (Wildman–Crippen MR) is 84.5 cm³/mol. The highest BCUT2D eigenvalue weighted by Gasteiger charge is 2.23. The van der Waals surface area contributed by atoms with Gasteiger partial charge in [0.05, 0.1) is 5.02 Å². The summed E-state index contributed by atoms with van der Waals surface area (Å²) in [6.07, 6.45) is -1.14. The fraction of sp³-hybridized carbons (Fsp3) is 0.176. The van der Waals surface area contributed by atoms with E-state index < -0.39 is 29.4 Å². The number of carbonyl (C=O) groups is 2. The van der Waals surface area contributed by atoms with E-state index in [9.17, 15) is 18.4 Å². The van der Waals surface area contributed by atoms with E-state index in [0.29, 0.717) is 5.56 Å². The van der Waals surface area contributed by atoms with Crippen LogP contribution in [0.1, 0.15) is 22.8 Å². The van der Waals surface area contributed by atoms with Gasteiger partial charge in [-0.15, -0.1) is 0 Å². The lowest BCUT2D eigenvalue weighted by Gasteiger charge is -2.14. The van der Waals surface area contributed by atoms with Crippen LogP contribution in [0, 0.1) is 11.6 Å². The lowest BCUT2D eigenvalue weighted by Crippen LogP contribution is -2.35. The summed E-state index contributed by atoms with van der Waals surface area (Å²) in [5.74, 6) is -2.80. The molecule has 7 heteroatoms. The van der Waals surface area contributed by atoms with Gasteiger partial charge >= 0.3 is 5.97 Å². The average molecular weight is 354 g/mol. The molecule has 1 amide bonds. The molecule has 126 valence electrons. The second-order valence-corrected chi connectivity index (χ2v) is 5.40. The van der Waals surface area contributed by atoms with Crippen LogP contribution in [0.5, 0.6) is 0 Å². The quantitative estimate of drug-likeness (QED) is 0.837. The number of esters is 1. The number of hydrogen-bond acceptors (Lipinski definition) is 3. The SMILES string of the molecule is CC(OC(=O)c1c(F)cccc1Cl)C(=O)NCc1ccc(F)cc1. The van der Waals surface area contributed by atoms with E-state index in [1.165, 1.54) is 43.3 Å². The molecule has 0 bridgehead atoms. The molecule has 0 aliphatic carbocycles. The highest BCUT2D eigenvalue weighted by Crippen LogP contribution is 2.20. The normalized spacial score (nSPS) is 11.7. The van der Waals surface area contributed by atoms with Gasteiger partial charge < -0.3 is 10.1 Å². The number of ether oxygens (including phenoxy) is 1. The van der Waals surface area contributed by atoms with Crippen LogP contribution >= 0.6 is 11.6 Å². The molecule has 2 aromatic rings. The maximum atomic E-state index is 13.6. The topological polar surface area (TPSA) is 55.4 Å². The van der Waals surface area contributed by atoms with E-state index in [0.717, 1.165) is 6.07 Å². The zero-order valence-corrected chi connectivity index (χ0v) is 13.4. The van der Waals surface area contributed by atoms with Gasteiger partial charge in [0.2, 0.25) is 0 Å². The van der Waals surface area contributed by atoms with Gasteiger partial charge in [0.25, 0.3) is 5.91 Å². The van der Waals surface area contributed by atoms with Crippen LogP contribution in [0.2, 0.25) is 5.02 Å². The molecule has 2 aromatic carbocycles. The van der Waals surface area contributed by atoms with Gasteiger partial charge in [-0.25, -0.2) is 13.6 Å². The molecule has 0 fully saturated rings. The predicted octanol–water partition coefficient (Wildman–Crippen LogP) is 3.48. The molecular weight excluding hydrogens is 340 g/mol. The minimum atomic E-state index is -1.14. The molecule has 0 heterocycles. The van der Waals surface area contributed by atoms with Crippen LogP contribution in [0.4, 0.5) is 8.78 Å². The summed E-state index contributed by atoms with van der Waals surface area (Å²) in [7, 11) is 0. The summed E-state index contributed by atoms with van der Waals surface area (Å²) in [5.41, 5.74) is 0.262. The van der Waals surface area contributed by atoms with Gasteiger partial charge in [-0.1, -0.05) is 29.8 Å². The standard InChI is InChI=1S/C17H14ClF2NO3/c1-10(16(22)21-9-11-5-7-12(19)8-6-11)24-17(23)15-13(18)3-2-4-14(15)20/h2-8,10H,9H2,1H3,(H,21,22). The van der Waals surface area contributed by atoms with Crippen LogP contribution in [0.25, 0.3) is 0 Å². The zero-order valence-electron chi connectivity index (χ0n) is 12.7. The van der Waals surface area contributed by atoms with Gasteiger partial charge in [0.15, 0.2) is 6.10 Å². The van der Waals surface area contributed by atoms with Crippen molar-refractivity contribution >= 4 is 23.5 Å². The minimum absolute atomic E-state index is 0.0982. The Bertz CT molecular complexity index is 730. The van der Waals surface area contributed by atoms with E-state index in [2.05, 4.69) is 5.32 Å². The highest BCUT2D eigenvalue weighted by atomic mass is 35.5. The molecule has 0 aromatic heterocycles. The summed E-state index contributed by atoms with van der Waals surface area (Å²) >= 11 is 5.77. The summed E-state index contributed by atoms with van der Waals surface area (Å²) in [4.78, 5) is 23.9. The minimum Gasteiger partial charge on any atom is -0.449 e. The molecule has 0 radical (unpaired) electrons. The summed E-state index contributed by atoms with van der Waals surface area (Å²) in [5, 5.41) is 2.44. The van der Waals surface area contributed by atoms with Crippen molar-refractivity contribution in [3.8, 4) is 0 Å². The molecule has 0 saturated heterocycles. The van der Waals surface area contributed by atoms with Crippen molar-refractivity contribution in [1.82, 2.24) is 5.32 Å². The highest BCUT2D eigenvalue weighted by molar-refractivity contribution is 6.33. The Morgan fingerprint density at radius 1 is 1.17 bits per heavy atom. The van der Waals surface area contributed by atoms with Crippen molar-refractivity contribution in [3.05, 3.63) is 70.2 Å². The van der Waals surface area contributed by atoms with E-state index in [-0.39, 0.29) is 17.4 Å². The second kappa shape index (κ2) is 7.88. The van der Waals surface area contributed by atoms with Gasteiger partial charge in [-0.2, -0.15) is 0 Å². The number of nitrogens with one attached hydrogen (secondary N) is 1. The lowest BCUT2D eigenvalue weighted by atomic mass is 10.2. The Kier molecular flexibility index (Phi) is 5.87. The van der Waals surface area contributed by atoms with Crippen molar-refractivity contribution in [2.75, 3.05) is 0 Å². The fourth-order valence-electron chi connectivity index (χ4n) is 1.90. The molecule has 0 aliphatic heterocycles. The molecule has 0 spiro atoms. The fourth-order valence-corrected chi connectivity index (χ4v) is 2.14. The lowest BCUT2D eigenvalue weighted by molar-refractivity contribution is -0.129. The maximum absolute atomic E-state index is 13.6. The third-order valence-electron chi connectivity index (χ3n) is 3.20. The third kappa shape index (κ3) is 4.52. The van der Waals surface area contributed by atoms with Crippen molar-refractivity contribution in [3.63, 3.8) is 0 Å². The Hall–Kier alpha value is -2.47. The number of amides is 1. The monoisotopic (exact) mass is 353 g/mol. The molecule has 24 heavy (non-hydrogen) atoms. The van der Waals surface area contributed by atoms with Crippen molar-refractivity contribution < 1.29 is 23.1 Å². The van der Waals surface area contributed by atoms with Crippen molar-refractivity contribution in [2.45, 2.75) is 19.6 Å².